The summed E-state index contributed by atoms with van der Waals surface area (Å²) in [7, 11) is -4.11. The Bertz CT molecular complexity index is 861. The first-order valence-electron chi connectivity index (χ1n) is 9.06. The number of nitrogens with one attached hydrogen (secondary N) is 1. The number of carbonyl (C=O) groups is 1. The molecular weight excluding hydrogens is 431 g/mol. The lowest BCUT2D eigenvalue weighted by atomic mass is 10.1. The lowest BCUT2D eigenvalue weighted by Gasteiger charge is -2.37. The fourth-order valence-corrected chi connectivity index (χ4v) is 4.68. The minimum absolute atomic E-state index is 0.0689. The fraction of sp³-hybridized carbons (Fsp3) is 0.611. The van der Waals surface area contributed by atoms with Crippen LogP contribution in [0.25, 0.3) is 0 Å². The average molecular weight is 456 g/mol. The largest absolute Gasteiger partial charge is 0.417 e. The van der Waals surface area contributed by atoms with Gasteiger partial charge in [0.05, 0.1) is 21.5 Å². The zero-order chi connectivity index (χ0) is 22.2. The zero-order valence-electron chi connectivity index (χ0n) is 16.7. The quantitative estimate of drug-likeness (QED) is 0.757. The van der Waals surface area contributed by atoms with Crippen LogP contribution in [0, 0.1) is 0 Å². The van der Waals surface area contributed by atoms with Crippen LogP contribution in [0.1, 0.15) is 33.3 Å². The molecule has 1 atom stereocenters. The first kappa shape index (κ1) is 23.9. The van der Waals surface area contributed by atoms with Crippen LogP contribution < -0.4 is 5.32 Å². The van der Waals surface area contributed by atoms with Gasteiger partial charge in [-0.25, -0.2) is 8.42 Å². The molecule has 6 nitrogen and oxygen atoms in total. The summed E-state index contributed by atoms with van der Waals surface area (Å²) in [5.41, 5.74) is -1.58. The van der Waals surface area contributed by atoms with Crippen molar-refractivity contribution in [2.45, 2.75) is 50.3 Å². The number of hydrogen-bond donors (Lipinski definition) is 1. The molecule has 2 rings (SSSR count). The van der Waals surface area contributed by atoms with Crippen LogP contribution in [0.5, 0.6) is 0 Å². The molecule has 1 aromatic carbocycles. The van der Waals surface area contributed by atoms with Crippen molar-refractivity contribution in [3.63, 3.8) is 0 Å². The van der Waals surface area contributed by atoms with E-state index < -0.39 is 37.7 Å². The maximum absolute atomic E-state index is 13.1. The fourth-order valence-electron chi connectivity index (χ4n) is 3.00. The number of halogens is 4. The summed E-state index contributed by atoms with van der Waals surface area (Å²) < 4.78 is 65.9. The number of rotatable bonds is 4. The van der Waals surface area contributed by atoms with Gasteiger partial charge in [0.2, 0.25) is 15.9 Å². The van der Waals surface area contributed by atoms with E-state index in [0.29, 0.717) is 6.07 Å². The van der Waals surface area contributed by atoms with Crippen LogP contribution in [0.2, 0.25) is 5.02 Å². The number of benzene rings is 1. The molecule has 0 saturated carbocycles. The summed E-state index contributed by atoms with van der Waals surface area (Å²) >= 11 is 5.57. The standard InChI is InChI=1S/C18H25ClF3N3O3S/c1-12(16(26)23-17(2,3)4)24-7-9-25(10-8-24)29(27,28)13-5-6-15(19)14(11-13)18(20,21)22/h5-6,11-12H,7-10H2,1-4H3,(H,23,26). The van der Waals surface area contributed by atoms with Crippen LogP contribution in [0.15, 0.2) is 23.1 Å². The predicted octanol–water partition coefficient (Wildman–Crippen LogP) is 2.97. The number of piperazine rings is 1. The van der Waals surface area contributed by atoms with Gasteiger partial charge < -0.3 is 5.32 Å². The van der Waals surface area contributed by atoms with E-state index in [0.717, 1.165) is 16.4 Å². The lowest BCUT2D eigenvalue weighted by molar-refractivity contribution is -0.137. The van der Waals surface area contributed by atoms with Gasteiger partial charge in [-0.05, 0) is 45.9 Å². The first-order chi connectivity index (χ1) is 13.1. The summed E-state index contributed by atoms with van der Waals surface area (Å²) in [5, 5.41) is 2.32. The van der Waals surface area contributed by atoms with E-state index in [1.807, 2.05) is 25.7 Å². The second-order valence-electron chi connectivity index (χ2n) is 7.99. The van der Waals surface area contributed by atoms with Crippen molar-refractivity contribution in [3.8, 4) is 0 Å². The lowest BCUT2D eigenvalue weighted by Crippen LogP contribution is -2.56. The van der Waals surface area contributed by atoms with Gasteiger partial charge in [0.25, 0.3) is 0 Å². The summed E-state index contributed by atoms with van der Waals surface area (Å²) in [6.45, 7) is 8.05. The normalized spacial score (nSPS) is 18.5. The second kappa shape index (κ2) is 8.41. The highest BCUT2D eigenvalue weighted by atomic mass is 35.5. The number of amides is 1. The minimum atomic E-state index is -4.75. The molecular formula is C18H25ClF3N3O3S. The van der Waals surface area contributed by atoms with Crippen LogP contribution >= 0.6 is 11.6 Å². The Balaban J connectivity index is 2.12. The molecule has 0 spiro atoms. The van der Waals surface area contributed by atoms with Gasteiger partial charge in [0.1, 0.15) is 0 Å². The molecule has 1 saturated heterocycles. The van der Waals surface area contributed by atoms with Gasteiger partial charge in [-0.15, -0.1) is 0 Å². The molecule has 1 heterocycles. The van der Waals surface area contributed by atoms with Crippen molar-refractivity contribution >= 4 is 27.5 Å². The molecule has 1 aliphatic rings. The van der Waals surface area contributed by atoms with Crippen molar-refractivity contribution < 1.29 is 26.4 Å². The van der Waals surface area contributed by atoms with Crippen LogP contribution in [-0.2, 0) is 21.0 Å². The molecule has 1 unspecified atom stereocenters. The number of nitrogens with zero attached hydrogens (tertiary/aromatic N) is 2. The van der Waals surface area contributed by atoms with E-state index in [1.54, 1.807) is 6.92 Å². The first-order valence-corrected chi connectivity index (χ1v) is 10.9. The van der Waals surface area contributed by atoms with E-state index in [9.17, 15) is 26.4 Å². The Hall–Kier alpha value is -1.36. The second-order valence-corrected chi connectivity index (χ2v) is 10.3. The molecule has 0 radical (unpaired) electrons. The van der Waals surface area contributed by atoms with Gasteiger partial charge in [-0.2, -0.15) is 17.5 Å². The minimum Gasteiger partial charge on any atom is -0.350 e. The van der Waals surface area contributed by atoms with Gasteiger partial charge in [-0.1, -0.05) is 11.6 Å². The maximum atomic E-state index is 13.1. The Kier molecular flexibility index (Phi) is 6.93. The van der Waals surface area contributed by atoms with E-state index in [1.165, 1.54) is 0 Å². The van der Waals surface area contributed by atoms with Gasteiger partial charge in [0.15, 0.2) is 0 Å². The number of alkyl halides is 3. The van der Waals surface area contributed by atoms with Gasteiger partial charge in [-0.3, -0.25) is 9.69 Å². The topological polar surface area (TPSA) is 69.7 Å². The number of sulfonamides is 1. The highest BCUT2D eigenvalue weighted by Crippen LogP contribution is 2.36. The Morgan fingerprint density at radius 3 is 2.17 bits per heavy atom. The SMILES string of the molecule is CC(C(=O)NC(C)(C)C)N1CCN(S(=O)(=O)c2ccc(Cl)c(C(F)(F)F)c2)CC1. The predicted molar refractivity (Wildman–Crippen MR) is 104 cm³/mol. The third kappa shape index (κ3) is 5.84. The highest BCUT2D eigenvalue weighted by Gasteiger charge is 2.37. The average Bonchev–Trinajstić information content (AvgIpc) is 2.59. The third-order valence-corrected chi connectivity index (χ3v) is 6.80. The highest BCUT2D eigenvalue weighted by molar-refractivity contribution is 7.89. The number of hydrogen-bond acceptors (Lipinski definition) is 4. The van der Waals surface area contributed by atoms with Crippen LogP contribution in [-0.4, -0.2) is 61.3 Å². The van der Waals surface area contributed by atoms with E-state index in [-0.39, 0.29) is 37.6 Å². The van der Waals surface area contributed by atoms with Gasteiger partial charge in [0, 0.05) is 31.7 Å². The van der Waals surface area contributed by atoms with Crippen LogP contribution in [0.4, 0.5) is 13.2 Å². The molecule has 29 heavy (non-hydrogen) atoms. The third-order valence-electron chi connectivity index (χ3n) is 4.58. The summed E-state index contributed by atoms with van der Waals surface area (Å²) in [5.74, 6) is -0.165. The molecule has 1 aliphatic heterocycles. The summed E-state index contributed by atoms with van der Waals surface area (Å²) in [6.07, 6.45) is -4.75. The monoisotopic (exact) mass is 455 g/mol. The Morgan fingerprint density at radius 1 is 1.14 bits per heavy atom. The smallest absolute Gasteiger partial charge is 0.350 e. The van der Waals surface area contributed by atoms with Crippen molar-refractivity contribution in [2.75, 3.05) is 26.2 Å². The Morgan fingerprint density at radius 2 is 1.69 bits per heavy atom. The molecule has 1 aromatic rings. The molecule has 0 bridgehead atoms. The molecule has 164 valence electrons. The van der Waals surface area contributed by atoms with E-state index in [4.69, 9.17) is 11.6 Å². The molecule has 0 aliphatic carbocycles. The van der Waals surface area contributed by atoms with Crippen molar-refractivity contribution in [2.24, 2.45) is 0 Å². The molecule has 1 amide bonds. The molecule has 0 aromatic heterocycles. The van der Waals surface area contributed by atoms with Crippen molar-refractivity contribution in [3.05, 3.63) is 28.8 Å². The number of carbonyl (C=O) groups excluding carboxylic acids is 1. The zero-order valence-corrected chi connectivity index (χ0v) is 18.2. The molecule has 1 N–H and O–H groups in total. The molecule has 11 heteroatoms. The van der Waals surface area contributed by atoms with E-state index in [2.05, 4.69) is 5.32 Å². The van der Waals surface area contributed by atoms with Crippen molar-refractivity contribution in [1.29, 1.82) is 0 Å². The van der Waals surface area contributed by atoms with Gasteiger partial charge >= 0.3 is 6.18 Å². The van der Waals surface area contributed by atoms with Crippen LogP contribution in [0.3, 0.4) is 0 Å². The molecule has 1 fully saturated rings. The van der Waals surface area contributed by atoms with Crippen molar-refractivity contribution in [1.82, 2.24) is 14.5 Å². The summed E-state index contributed by atoms with van der Waals surface area (Å²) in [6, 6.07) is 2.11. The Labute approximate surface area is 174 Å². The maximum Gasteiger partial charge on any atom is 0.417 e. The summed E-state index contributed by atoms with van der Waals surface area (Å²) in [4.78, 5) is 13.7. The van der Waals surface area contributed by atoms with E-state index >= 15 is 0 Å².